The molecule has 0 unspecified atom stereocenters. The second-order valence-electron chi connectivity index (χ2n) is 11.6. The number of hydroxylamine groups is 1. The second-order valence-corrected chi connectivity index (χ2v) is 12.6. The molecule has 5 rings (SSSR count). The maximum absolute atomic E-state index is 12.4. The summed E-state index contributed by atoms with van der Waals surface area (Å²) >= 11 is 1.34. The van der Waals surface area contributed by atoms with Gasteiger partial charge in [-0.1, -0.05) is 72.8 Å². The molecule has 2 amide bonds. The number of aliphatic hydroxyl groups is 1. The van der Waals surface area contributed by atoms with Crippen molar-refractivity contribution in [3.05, 3.63) is 119 Å². The number of hydrogen-bond donors (Lipinski definition) is 5. The maximum Gasteiger partial charge on any atom is 0.338 e. The van der Waals surface area contributed by atoms with E-state index in [0.717, 1.165) is 33.4 Å². The first kappa shape index (κ1) is 35.7. The Hall–Kier alpha value is -4.59. The molecule has 4 aromatic rings. The van der Waals surface area contributed by atoms with E-state index < -0.39 is 18.2 Å². The molecule has 3 aromatic carbocycles. The average molecular weight is 686 g/mol. The largest absolute Gasteiger partial charge is 0.478 e. The Balaban J connectivity index is 1.28. The van der Waals surface area contributed by atoms with Gasteiger partial charge >= 0.3 is 5.97 Å². The van der Waals surface area contributed by atoms with E-state index in [-0.39, 0.29) is 43.1 Å². The van der Waals surface area contributed by atoms with E-state index in [1.54, 1.807) is 17.7 Å². The highest BCUT2D eigenvalue weighted by atomic mass is 32.2. The zero-order valence-electron chi connectivity index (χ0n) is 26.8. The van der Waals surface area contributed by atoms with Crippen molar-refractivity contribution in [2.75, 3.05) is 5.75 Å². The molecule has 0 radical (unpaired) electrons. The predicted octanol–water partition coefficient (Wildman–Crippen LogP) is 5.96. The van der Waals surface area contributed by atoms with Crippen LogP contribution >= 0.6 is 11.8 Å². The first-order valence-corrected chi connectivity index (χ1v) is 17.0. The Kier molecular flexibility index (Phi) is 12.9. The molecule has 49 heavy (non-hydrogen) atoms. The number of benzene rings is 3. The summed E-state index contributed by atoms with van der Waals surface area (Å²) in [5, 5.41) is 31.1. The highest BCUT2D eigenvalue weighted by molar-refractivity contribution is 7.99. The molecule has 12 heteroatoms. The molecule has 1 fully saturated rings. The third kappa shape index (κ3) is 9.97. The number of pyridine rings is 1. The van der Waals surface area contributed by atoms with Gasteiger partial charge in [0.05, 0.1) is 24.4 Å². The van der Waals surface area contributed by atoms with Gasteiger partial charge in [0.15, 0.2) is 6.29 Å². The molecule has 0 aliphatic carbocycles. The third-order valence-corrected chi connectivity index (χ3v) is 9.33. The molecule has 0 spiro atoms. The fraction of sp³-hybridized carbons (Fsp3) is 0.297. The van der Waals surface area contributed by atoms with Gasteiger partial charge in [0, 0.05) is 43.3 Å². The van der Waals surface area contributed by atoms with Crippen LogP contribution < -0.4 is 10.8 Å². The molecule has 5 N–H and O–H groups in total. The number of unbranched alkanes of at least 4 members (excludes halogenated alkanes) is 1. The number of rotatable bonds is 15. The summed E-state index contributed by atoms with van der Waals surface area (Å²) in [6.45, 7) is 0.292. The van der Waals surface area contributed by atoms with Gasteiger partial charge in [-0.2, -0.15) is 0 Å². The fourth-order valence-corrected chi connectivity index (χ4v) is 6.55. The van der Waals surface area contributed by atoms with Crippen LogP contribution in [0.2, 0.25) is 0 Å². The van der Waals surface area contributed by atoms with E-state index in [4.69, 9.17) is 14.7 Å². The lowest BCUT2D eigenvalue weighted by Gasteiger charge is -2.36. The van der Waals surface area contributed by atoms with Crippen LogP contribution in [-0.2, 0) is 32.2 Å². The molecule has 1 saturated heterocycles. The monoisotopic (exact) mass is 685 g/mol. The zero-order valence-corrected chi connectivity index (χ0v) is 27.6. The summed E-state index contributed by atoms with van der Waals surface area (Å²) in [4.78, 5) is 39.6. The number of aliphatic hydroxyl groups excluding tert-OH is 1. The van der Waals surface area contributed by atoms with E-state index in [1.807, 2.05) is 72.8 Å². The van der Waals surface area contributed by atoms with Gasteiger partial charge in [0.25, 0.3) is 0 Å². The predicted molar refractivity (Wildman–Crippen MR) is 182 cm³/mol. The highest BCUT2D eigenvalue weighted by Gasteiger charge is 2.32. The van der Waals surface area contributed by atoms with Crippen molar-refractivity contribution in [3.63, 3.8) is 0 Å². The topological polar surface area (TPSA) is 167 Å². The molecule has 256 valence electrons. The summed E-state index contributed by atoms with van der Waals surface area (Å²) in [6, 6.07) is 26.5. The molecule has 0 bridgehead atoms. The summed E-state index contributed by atoms with van der Waals surface area (Å²) in [5.41, 5.74) is 7.19. The number of carboxylic acids is 1. The molecular formula is C37H39N3O8S. The minimum Gasteiger partial charge on any atom is -0.478 e. The van der Waals surface area contributed by atoms with Gasteiger partial charge in [-0.3, -0.25) is 14.8 Å². The van der Waals surface area contributed by atoms with Gasteiger partial charge in [-0.15, -0.1) is 11.8 Å². The van der Waals surface area contributed by atoms with Gasteiger partial charge < -0.3 is 25.0 Å². The number of carboxylic acid groups (broad SMARTS) is 1. The SMILES string of the molecule is O=C(CCCCC(=O)NCc1ccccc1-c1ccc([C@H]2O[C@@H](CSc3ncccc3C(=O)O)C[C@@H](c3ccc(CO)cc3)O2)cc1)NO. The molecule has 1 aromatic heterocycles. The molecule has 2 heterocycles. The lowest BCUT2D eigenvalue weighted by atomic mass is 9.97. The zero-order chi connectivity index (χ0) is 34.6. The van der Waals surface area contributed by atoms with Crippen molar-refractivity contribution in [1.82, 2.24) is 15.8 Å². The summed E-state index contributed by atoms with van der Waals surface area (Å²) in [5.74, 6) is -1.14. The van der Waals surface area contributed by atoms with Gasteiger partial charge in [0.2, 0.25) is 11.8 Å². The molecule has 1 aliphatic rings. The number of aromatic carboxylic acids is 1. The molecular weight excluding hydrogens is 646 g/mol. The molecule has 11 nitrogen and oxygen atoms in total. The fourth-order valence-electron chi connectivity index (χ4n) is 5.55. The smallest absolute Gasteiger partial charge is 0.338 e. The quantitative estimate of drug-likeness (QED) is 0.0436. The minimum atomic E-state index is -1.03. The Morgan fingerprint density at radius 1 is 0.857 bits per heavy atom. The molecule has 0 saturated carbocycles. The summed E-state index contributed by atoms with van der Waals surface area (Å²) < 4.78 is 12.9. The van der Waals surface area contributed by atoms with Crippen molar-refractivity contribution in [1.29, 1.82) is 0 Å². The van der Waals surface area contributed by atoms with Crippen LogP contribution in [0.1, 0.15) is 77.1 Å². The molecule has 1 aliphatic heterocycles. The van der Waals surface area contributed by atoms with Crippen molar-refractivity contribution in [2.45, 2.75) is 68.8 Å². The second kappa shape index (κ2) is 17.7. The Morgan fingerprint density at radius 2 is 1.57 bits per heavy atom. The standard InChI is InChI=1S/C37H39N3O8S/c41-22-24-11-13-26(14-12-24)32-20-29(23-49-35-31(36(44)45)8-5-19-38-35)47-37(48-32)27-17-15-25(16-18-27)30-7-2-1-6-28(30)21-39-33(42)9-3-4-10-34(43)40-46/h1-2,5-8,11-19,29,32,37,41,46H,3-4,9-10,20-23H2,(H,39,42)(H,40,43)(H,44,45)/t29-,32+,37+/m1/s1. The Bertz CT molecular complexity index is 1720. The van der Waals surface area contributed by atoms with Crippen LogP contribution in [0.4, 0.5) is 0 Å². The van der Waals surface area contributed by atoms with Crippen molar-refractivity contribution in [3.8, 4) is 11.1 Å². The number of thioether (sulfide) groups is 1. The van der Waals surface area contributed by atoms with E-state index in [9.17, 15) is 24.6 Å². The van der Waals surface area contributed by atoms with Crippen LogP contribution in [0.3, 0.4) is 0 Å². The first-order chi connectivity index (χ1) is 23.8. The summed E-state index contributed by atoms with van der Waals surface area (Å²) in [7, 11) is 0. The van der Waals surface area contributed by atoms with Crippen molar-refractivity contribution >= 4 is 29.5 Å². The summed E-state index contributed by atoms with van der Waals surface area (Å²) in [6.07, 6.45) is 2.36. The highest BCUT2D eigenvalue weighted by Crippen LogP contribution is 2.40. The minimum absolute atomic E-state index is 0.0535. The lowest BCUT2D eigenvalue weighted by molar-refractivity contribution is -0.245. The number of carbonyl (C=O) groups is 3. The number of aromatic nitrogens is 1. The average Bonchev–Trinajstić information content (AvgIpc) is 3.15. The third-order valence-electron chi connectivity index (χ3n) is 8.19. The first-order valence-electron chi connectivity index (χ1n) is 16.0. The van der Waals surface area contributed by atoms with Crippen LogP contribution in [0.15, 0.2) is 96.2 Å². The number of nitrogens with one attached hydrogen (secondary N) is 2. The van der Waals surface area contributed by atoms with Crippen LogP contribution in [0.25, 0.3) is 11.1 Å². The number of amides is 2. The van der Waals surface area contributed by atoms with Gasteiger partial charge in [-0.25, -0.2) is 15.3 Å². The number of hydrogen-bond acceptors (Lipinski definition) is 9. The number of carbonyl (C=O) groups excluding carboxylic acids is 2. The molecule has 3 atom stereocenters. The number of nitrogens with zero attached hydrogens (tertiary/aromatic N) is 1. The van der Waals surface area contributed by atoms with Gasteiger partial charge in [0.1, 0.15) is 5.03 Å². The van der Waals surface area contributed by atoms with Crippen LogP contribution in [0, 0.1) is 0 Å². The van der Waals surface area contributed by atoms with Crippen molar-refractivity contribution in [2.24, 2.45) is 0 Å². The van der Waals surface area contributed by atoms with E-state index in [0.29, 0.717) is 36.6 Å². The number of ether oxygens (including phenoxy) is 2. The van der Waals surface area contributed by atoms with Crippen LogP contribution in [0.5, 0.6) is 0 Å². The van der Waals surface area contributed by atoms with Crippen LogP contribution in [-0.4, -0.2) is 50.0 Å². The van der Waals surface area contributed by atoms with E-state index in [1.165, 1.54) is 17.8 Å². The normalized spacial score (nSPS) is 17.3. The van der Waals surface area contributed by atoms with Crippen molar-refractivity contribution < 1.29 is 39.3 Å². The lowest BCUT2D eigenvalue weighted by Crippen LogP contribution is -2.31. The van der Waals surface area contributed by atoms with E-state index in [2.05, 4.69) is 10.3 Å². The van der Waals surface area contributed by atoms with E-state index >= 15 is 0 Å². The van der Waals surface area contributed by atoms with Gasteiger partial charge in [-0.05, 0) is 52.8 Å². The Labute approximate surface area is 288 Å². The Morgan fingerprint density at radius 3 is 2.29 bits per heavy atom. The maximum atomic E-state index is 12.4.